The molecule has 0 aliphatic carbocycles. The summed E-state index contributed by atoms with van der Waals surface area (Å²) in [6.07, 6.45) is 0.928. The Hall–Kier alpha value is -2.07. The number of hydrogen-bond acceptors (Lipinski definition) is 2. The summed E-state index contributed by atoms with van der Waals surface area (Å²) in [5, 5.41) is 0.475. The summed E-state index contributed by atoms with van der Waals surface area (Å²) in [4.78, 5) is 4.46. The van der Waals surface area contributed by atoms with Crippen LogP contribution in [0.5, 0.6) is 0 Å². The summed E-state index contributed by atoms with van der Waals surface area (Å²) in [6, 6.07) is 10.4. The highest BCUT2D eigenvalue weighted by molar-refractivity contribution is 6.33. The minimum Gasteiger partial charge on any atom is -0.398 e. The number of nitrogen functional groups attached to an aromatic ring is 1. The fourth-order valence-corrected chi connectivity index (χ4v) is 2.63. The number of nitrogens with two attached hydrogens (primary N) is 1. The third kappa shape index (κ3) is 2.36. The number of nitrogens with zero attached hydrogens (tertiary/aromatic N) is 2. The van der Waals surface area contributed by atoms with Gasteiger partial charge in [0, 0.05) is 12.1 Å². The molecule has 0 aliphatic rings. The molecule has 1 aromatic heterocycles. The van der Waals surface area contributed by atoms with Crippen LogP contribution in [-0.4, -0.2) is 9.55 Å². The van der Waals surface area contributed by atoms with Gasteiger partial charge in [-0.25, -0.2) is 9.37 Å². The van der Waals surface area contributed by atoms with Crippen LogP contribution in [0.4, 0.5) is 10.1 Å². The van der Waals surface area contributed by atoms with Crippen molar-refractivity contribution in [3.05, 3.63) is 47.2 Å². The number of rotatable bonds is 3. The lowest BCUT2D eigenvalue weighted by Gasteiger charge is -2.08. The summed E-state index contributed by atoms with van der Waals surface area (Å²) in [5.74, 6) is 0.393. The highest BCUT2D eigenvalue weighted by Gasteiger charge is 2.15. The van der Waals surface area contributed by atoms with Crippen LogP contribution in [0.3, 0.4) is 0 Å². The zero-order valence-corrected chi connectivity index (χ0v) is 12.4. The number of fused-ring (bicyclic) bond motifs is 1. The van der Waals surface area contributed by atoms with Gasteiger partial charge in [-0.15, -0.1) is 0 Å². The molecule has 1 heterocycles. The second-order valence-corrected chi connectivity index (χ2v) is 5.34. The molecule has 0 atom stereocenters. The summed E-state index contributed by atoms with van der Waals surface area (Å²) in [7, 11) is 0. The van der Waals surface area contributed by atoms with Crippen molar-refractivity contribution >= 4 is 28.3 Å². The van der Waals surface area contributed by atoms with Crippen molar-refractivity contribution < 1.29 is 4.39 Å². The number of halogens is 2. The first-order valence-corrected chi connectivity index (χ1v) is 7.19. The Labute approximate surface area is 127 Å². The number of anilines is 1. The van der Waals surface area contributed by atoms with Gasteiger partial charge in [0.1, 0.15) is 11.3 Å². The summed E-state index contributed by atoms with van der Waals surface area (Å²) >= 11 is 6.09. The first-order valence-electron chi connectivity index (χ1n) is 6.82. The fraction of sp³-hybridized carbons (Fsp3) is 0.188. The van der Waals surface area contributed by atoms with Crippen LogP contribution in [0.15, 0.2) is 36.4 Å². The quantitative estimate of drug-likeness (QED) is 0.725. The van der Waals surface area contributed by atoms with Crippen molar-refractivity contribution in [2.24, 2.45) is 0 Å². The van der Waals surface area contributed by atoms with E-state index >= 15 is 0 Å². The average molecular weight is 304 g/mol. The number of aryl methyl sites for hydroxylation is 1. The fourth-order valence-electron chi connectivity index (χ4n) is 2.45. The second-order valence-electron chi connectivity index (χ2n) is 4.93. The predicted molar refractivity (Wildman–Crippen MR) is 84.8 cm³/mol. The number of hydrogen-bond donors (Lipinski definition) is 1. The molecule has 108 valence electrons. The van der Waals surface area contributed by atoms with Crippen LogP contribution in [0.25, 0.3) is 22.4 Å². The highest BCUT2D eigenvalue weighted by atomic mass is 35.5. The van der Waals surface area contributed by atoms with Crippen molar-refractivity contribution in [2.75, 3.05) is 5.73 Å². The first-order chi connectivity index (χ1) is 10.1. The maximum atomic E-state index is 14.0. The number of imidazole rings is 1. The molecule has 0 saturated heterocycles. The van der Waals surface area contributed by atoms with Crippen molar-refractivity contribution in [3.63, 3.8) is 0 Å². The van der Waals surface area contributed by atoms with E-state index in [0.29, 0.717) is 22.1 Å². The van der Waals surface area contributed by atoms with E-state index in [1.54, 1.807) is 18.2 Å². The van der Waals surface area contributed by atoms with Gasteiger partial charge in [-0.2, -0.15) is 0 Å². The molecule has 0 saturated carbocycles. The van der Waals surface area contributed by atoms with Gasteiger partial charge in [0.2, 0.25) is 0 Å². The zero-order valence-electron chi connectivity index (χ0n) is 11.6. The van der Waals surface area contributed by atoms with Crippen LogP contribution in [0.1, 0.15) is 13.3 Å². The van der Waals surface area contributed by atoms with Gasteiger partial charge in [0.05, 0.1) is 16.2 Å². The van der Waals surface area contributed by atoms with Crippen LogP contribution in [0, 0.1) is 5.82 Å². The van der Waals surface area contributed by atoms with Gasteiger partial charge < -0.3 is 10.3 Å². The Morgan fingerprint density at radius 2 is 2.10 bits per heavy atom. The normalized spacial score (nSPS) is 11.2. The van der Waals surface area contributed by atoms with Crippen molar-refractivity contribution in [3.8, 4) is 11.4 Å². The Morgan fingerprint density at radius 3 is 2.81 bits per heavy atom. The molecule has 0 spiro atoms. The van der Waals surface area contributed by atoms with Gasteiger partial charge in [-0.1, -0.05) is 24.6 Å². The molecule has 0 unspecified atom stereocenters. The Kier molecular flexibility index (Phi) is 3.55. The van der Waals surface area contributed by atoms with Gasteiger partial charge in [-0.3, -0.25) is 0 Å². The van der Waals surface area contributed by atoms with Crippen LogP contribution >= 0.6 is 11.6 Å². The molecule has 2 N–H and O–H groups in total. The largest absolute Gasteiger partial charge is 0.398 e. The second kappa shape index (κ2) is 5.37. The maximum absolute atomic E-state index is 14.0. The summed E-state index contributed by atoms with van der Waals surface area (Å²) in [6.45, 7) is 2.84. The molecule has 21 heavy (non-hydrogen) atoms. The van der Waals surface area contributed by atoms with E-state index in [1.807, 2.05) is 16.7 Å². The summed E-state index contributed by atoms with van der Waals surface area (Å²) in [5.41, 5.74) is 8.27. The first kappa shape index (κ1) is 13.9. The molecule has 0 radical (unpaired) electrons. The molecule has 3 rings (SSSR count). The smallest absolute Gasteiger partial charge is 0.151 e. The Bertz CT molecular complexity index is 811. The molecule has 0 amide bonds. The minimum absolute atomic E-state index is 0.315. The maximum Gasteiger partial charge on any atom is 0.151 e. The lowest BCUT2D eigenvalue weighted by molar-refractivity contribution is 0.637. The van der Waals surface area contributed by atoms with E-state index in [2.05, 4.69) is 11.9 Å². The average Bonchev–Trinajstić information content (AvgIpc) is 2.83. The van der Waals surface area contributed by atoms with Gasteiger partial charge in [-0.05, 0) is 36.8 Å². The zero-order chi connectivity index (χ0) is 15.0. The van der Waals surface area contributed by atoms with E-state index < -0.39 is 0 Å². The summed E-state index contributed by atoms with van der Waals surface area (Å²) < 4.78 is 16.0. The van der Waals surface area contributed by atoms with Gasteiger partial charge in [0.15, 0.2) is 5.82 Å². The molecular weight excluding hydrogens is 289 g/mol. The molecule has 0 bridgehead atoms. The lowest BCUT2D eigenvalue weighted by Crippen LogP contribution is -2.00. The molecule has 2 aromatic carbocycles. The lowest BCUT2D eigenvalue weighted by atomic mass is 10.2. The molecule has 0 aliphatic heterocycles. The van der Waals surface area contributed by atoms with E-state index in [-0.39, 0.29) is 5.82 Å². The minimum atomic E-state index is -0.315. The highest BCUT2D eigenvalue weighted by Crippen LogP contribution is 2.30. The van der Waals surface area contributed by atoms with Crippen LogP contribution in [0.2, 0.25) is 5.02 Å². The van der Waals surface area contributed by atoms with Gasteiger partial charge in [0.25, 0.3) is 0 Å². The van der Waals surface area contributed by atoms with Crippen molar-refractivity contribution in [2.45, 2.75) is 19.9 Å². The van der Waals surface area contributed by atoms with E-state index in [4.69, 9.17) is 17.3 Å². The molecule has 3 nitrogen and oxygen atoms in total. The van der Waals surface area contributed by atoms with Crippen molar-refractivity contribution in [1.29, 1.82) is 0 Å². The monoisotopic (exact) mass is 303 g/mol. The molecule has 0 fully saturated rings. The van der Waals surface area contributed by atoms with Crippen molar-refractivity contribution in [1.82, 2.24) is 9.55 Å². The SMILES string of the molecule is CCCn1c(-c2ccc(N)c(Cl)c2)nc2c(F)cccc21. The van der Waals surface area contributed by atoms with E-state index in [1.165, 1.54) is 6.07 Å². The van der Waals surface area contributed by atoms with E-state index in [9.17, 15) is 4.39 Å². The Morgan fingerprint density at radius 1 is 1.29 bits per heavy atom. The number of aromatic nitrogens is 2. The third-order valence-corrected chi connectivity index (χ3v) is 3.76. The predicted octanol–water partition coefficient (Wildman–Crippen LogP) is 4.49. The topological polar surface area (TPSA) is 43.8 Å². The van der Waals surface area contributed by atoms with Crippen LogP contribution in [-0.2, 0) is 6.54 Å². The van der Waals surface area contributed by atoms with Gasteiger partial charge >= 0.3 is 0 Å². The van der Waals surface area contributed by atoms with E-state index in [0.717, 1.165) is 24.0 Å². The molecule has 3 aromatic rings. The molecular formula is C16H15ClFN3. The Balaban J connectivity index is 2.27. The number of benzene rings is 2. The number of para-hydroxylation sites is 1. The van der Waals surface area contributed by atoms with Crippen LogP contribution < -0.4 is 5.73 Å². The standard InChI is InChI=1S/C16H15ClFN3/c1-2-8-21-14-5-3-4-12(18)15(14)20-16(21)10-6-7-13(19)11(17)9-10/h3-7,9H,2,8,19H2,1H3. The third-order valence-electron chi connectivity index (χ3n) is 3.44. The molecule has 5 heteroatoms.